The maximum atomic E-state index is 2.49. The van der Waals surface area contributed by atoms with E-state index >= 15 is 0 Å². The Morgan fingerprint density at radius 3 is 0.866 bits per heavy atom. The van der Waals surface area contributed by atoms with Crippen LogP contribution in [0.4, 0.5) is 0 Å². The summed E-state index contributed by atoms with van der Waals surface area (Å²) in [5.74, 6) is 0. The molecular formula is C67H46. The van der Waals surface area contributed by atoms with Crippen molar-refractivity contribution in [1.82, 2.24) is 0 Å². The van der Waals surface area contributed by atoms with Gasteiger partial charge in [0, 0.05) is 5.41 Å². The Balaban J connectivity index is 0.976. The molecule has 13 rings (SSSR count). The van der Waals surface area contributed by atoms with Gasteiger partial charge in [0.15, 0.2) is 0 Å². The van der Waals surface area contributed by atoms with Gasteiger partial charge in [-0.1, -0.05) is 232 Å². The van der Waals surface area contributed by atoms with Crippen LogP contribution >= 0.6 is 0 Å². The van der Waals surface area contributed by atoms with Gasteiger partial charge >= 0.3 is 0 Å². The van der Waals surface area contributed by atoms with Gasteiger partial charge in [-0.3, -0.25) is 0 Å². The fourth-order valence-corrected chi connectivity index (χ4v) is 11.3. The second-order valence-corrected chi connectivity index (χ2v) is 18.8. The Bertz CT molecular complexity index is 3680. The Labute approximate surface area is 392 Å². The highest BCUT2D eigenvalue weighted by Gasteiger charge is 2.36. The van der Waals surface area contributed by atoms with E-state index in [0.717, 1.165) is 0 Å². The van der Waals surface area contributed by atoms with Gasteiger partial charge in [-0.2, -0.15) is 0 Å². The molecule has 0 aliphatic heterocycles. The molecule has 0 heterocycles. The van der Waals surface area contributed by atoms with E-state index in [1.807, 2.05) is 0 Å². The lowest BCUT2D eigenvalue weighted by Crippen LogP contribution is -2.15. The Kier molecular flexibility index (Phi) is 8.98. The minimum atomic E-state index is -0.254. The van der Waals surface area contributed by atoms with Gasteiger partial charge in [-0.05, 0) is 156 Å². The van der Waals surface area contributed by atoms with Crippen molar-refractivity contribution in [2.75, 3.05) is 0 Å². The minimum absolute atomic E-state index is 0.254. The summed E-state index contributed by atoms with van der Waals surface area (Å²) in [7, 11) is 0. The van der Waals surface area contributed by atoms with Crippen molar-refractivity contribution in [2.45, 2.75) is 19.3 Å². The Hall–Kier alpha value is -8.32. The predicted molar refractivity (Wildman–Crippen MR) is 287 cm³/mol. The third-order valence-electron chi connectivity index (χ3n) is 14.7. The van der Waals surface area contributed by atoms with Crippen molar-refractivity contribution < 1.29 is 0 Å². The van der Waals surface area contributed by atoms with Crippen LogP contribution < -0.4 is 0 Å². The Morgan fingerprint density at radius 1 is 0.209 bits per heavy atom. The maximum absolute atomic E-state index is 2.49. The summed E-state index contributed by atoms with van der Waals surface area (Å²) in [6.07, 6.45) is 0. The molecule has 1 aliphatic carbocycles. The highest BCUT2D eigenvalue weighted by molar-refractivity contribution is 6.05. The van der Waals surface area contributed by atoms with Gasteiger partial charge in [0.1, 0.15) is 0 Å². The van der Waals surface area contributed by atoms with Crippen molar-refractivity contribution in [1.29, 1.82) is 0 Å². The van der Waals surface area contributed by atoms with E-state index in [1.165, 1.54) is 132 Å². The summed E-state index contributed by atoms with van der Waals surface area (Å²) in [4.78, 5) is 0. The lowest BCUT2D eigenvalue weighted by atomic mass is 9.79. The molecule has 0 nitrogen and oxygen atoms in total. The number of hydrogen-bond donors (Lipinski definition) is 0. The van der Waals surface area contributed by atoms with Crippen molar-refractivity contribution >= 4 is 43.1 Å². The van der Waals surface area contributed by atoms with Gasteiger partial charge in [0.25, 0.3) is 0 Å². The largest absolute Gasteiger partial charge is 0.0616 e. The first-order valence-electron chi connectivity index (χ1n) is 23.5. The van der Waals surface area contributed by atoms with Crippen LogP contribution in [-0.2, 0) is 5.41 Å². The van der Waals surface area contributed by atoms with E-state index < -0.39 is 0 Å². The molecule has 0 N–H and O–H groups in total. The fourth-order valence-electron chi connectivity index (χ4n) is 11.3. The lowest BCUT2D eigenvalue weighted by molar-refractivity contribution is 0.661. The molecule has 314 valence electrons. The lowest BCUT2D eigenvalue weighted by Gasteiger charge is -2.24. The molecule has 0 heteroatoms. The average molecular weight is 851 g/mol. The zero-order valence-corrected chi connectivity index (χ0v) is 37.6. The van der Waals surface area contributed by atoms with E-state index in [0.29, 0.717) is 0 Å². The zero-order valence-electron chi connectivity index (χ0n) is 37.6. The zero-order chi connectivity index (χ0) is 44.6. The predicted octanol–water partition coefficient (Wildman–Crippen LogP) is 18.6. The van der Waals surface area contributed by atoms with Crippen molar-refractivity contribution in [3.63, 3.8) is 0 Å². The smallest absolute Gasteiger partial charge is 0.0159 e. The first-order valence-corrected chi connectivity index (χ1v) is 23.5. The van der Waals surface area contributed by atoms with Gasteiger partial charge in [-0.25, -0.2) is 0 Å². The third-order valence-corrected chi connectivity index (χ3v) is 14.7. The quantitative estimate of drug-likeness (QED) is 0.156. The van der Waals surface area contributed by atoms with Gasteiger partial charge in [0.2, 0.25) is 0 Å². The van der Waals surface area contributed by atoms with E-state index in [1.54, 1.807) is 0 Å². The molecule has 0 aromatic heterocycles. The highest BCUT2D eigenvalue weighted by Crippen LogP contribution is 2.52. The van der Waals surface area contributed by atoms with Crippen LogP contribution in [0.5, 0.6) is 0 Å². The topological polar surface area (TPSA) is 0 Å². The van der Waals surface area contributed by atoms with E-state index in [-0.39, 0.29) is 5.41 Å². The van der Waals surface area contributed by atoms with Gasteiger partial charge in [-0.15, -0.1) is 0 Å². The molecule has 0 radical (unpaired) electrons. The van der Waals surface area contributed by atoms with Gasteiger partial charge < -0.3 is 0 Å². The normalized spacial score (nSPS) is 12.7. The SMILES string of the molecule is CC1(C)c2cc(-c3cc(-c4cccc5ccccc45)ccc3-c3cccc4ccccc34)ccc2-c2ccc(-c3cc(-c4cccc5ccccc45)ccc3-c3cccc4ccccc34)cc21. The van der Waals surface area contributed by atoms with E-state index in [2.05, 4.69) is 257 Å². The molecular weight excluding hydrogens is 805 g/mol. The molecule has 1 aliphatic rings. The van der Waals surface area contributed by atoms with Crippen molar-refractivity contribution in [2.24, 2.45) is 0 Å². The summed E-state index contributed by atoms with van der Waals surface area (Å²) < 4.78 is 0. The second kappa shape index (κ2) is 15.4. The maximum Gasteiger partial charge on any atom is 0.0159 e. The molecule has 0 amide bonds. The molecule has 0 saturated heterocycles. The minimum Gasteiger partial charge on any atom is -0.0616 e. The number of rotatable bonds is 6. The van der Waals surface area contributed by atoms with E-state index in [4.69, 9.17) is 0 Å². The first kappa shape index (κ1) is 39.1. The first-order chi connectivity index (χ1) is 33.0. The summed E-state index contributed by atoms with van der Waals surface area (Å²) in [6, 6.07) is 90.4. The highest BCUT2D eigenvalue weighted by atomic mass is 14.4. The summed E-state index contributed by atoms with van der Waals surface area (Å²) in [5.41, 5.74) is 19.9. The molecule has 0 fully saturated rings. The standard InChI is InChI=1S/C67H46/c1-67(2)65-41-49(63-39-47(55-27-11-19-43-15-3-7-23-51(43)55)31-35-59(63)57-29-13-21-45-17-5-9-25-53(45)57)33-37-61(65)62-38-34-50(42-66(62)67)64-40-48(56-28-12-20-44-16-4-8-24-52(44)56)32-36-60(64)58-30-14-22-46-18-6-10-26-54(46)58/h3-42H,1-2H3. The molecule has 12 aromatic carbocycles. The molecule has 0 bridgehead atoms. The molecule has 0 saturated carbocycles. The second-order valence-electron chi connectivity index (χ2n) is 18.8. The van der Waals surface area contributed by atoms with Crippen LogP contribution in [0.2, 0.25) is 0 Å². The fraction of sp³-hybridized carbons (Fsp3) is 0.0448. The Morgan fingerprint density at radius 2 is 0.493 bits per heavy atom. The summed E-state index contributed by atoms with van der Waals surface area (Å²) in [5, 5.41) is 10.0. The van der Waals surface area contributed by atoms with Gasteiger partial charge in [0.05, 0.1) is 0 Å². The molecule has 0 unspecified atom stereocenters. The van der Waals surface area contributed by atoms with Crippen molar-refractivity contribution in [3.05, 3.63) is 254 Å². The number of fused-ring (bicyclic) bond motifs is 7. The number of hydrogen-bond acceptors (Lipinski definition) is 0. The van der Waals surface area contributed by atoms with Crippen molar-refractivity contribution in [3.8, 4) is 77.9 Å². The number of benzene rings is 12. The average Bonchev–Trinajstić information content (AvgIpc) is 3.62. The molecule has 67 heavy (non-hydrogen) atoms. The summed E-state index contributed by atoms with van der Waals surface area (Å²) >= 11 is 0. The summed E-state index contributed by atoms with van der Waals surface area (Å²) in [6.45, 7) is 4.84. The monoisotopic (exact) mass is 850 g/mol. The molecule has 12 aromatic rings. The molecule has 0 spiro atoms. The van der Waals surface area contributed by atoms with Crippen LogP contribution in [0.15, 0.2) is 243 Å². The van der Waals surface area contributed by atoms with Crippen LogP contribution in [0, 0.1) is 0 Å². The third kappa shape index (κ3) is 6.36. The van der Waals surface area contributed by atoms with Crippen LogP contribution in [-0.4, -0.2) is 0 Å². The van der Waals surface area contributed by atoms with Crippen LogP contribution in [0.1, 0.15) is 25.0 Å². The van der Waals surface area contributed by atoms with E-state index in [9.17, 15) is 0 Å². The van der Waals surface area contributed by atoms with Crippen LogP contribution in [0.3, 0.4) is 0 Å². The molecule has 0 atom stereocenters. The van der Waals surface area contributed by atoms with Crippen LogP contribution in [0.25, 0.3) is 121 Å².